The molecule has 1 aromatic rings. The summed E-state index contributed by atoms with van der Waals surface area (Å²) in [5, 5.41) is 0. The van der Waals surface area contributed by atoms with Crippen LogP contribution in [0.4, 0.5) is 0 Å². The minimum absolute atomic E-state index is 0.200. The van der Waals surface area contributed by atoms with Crippen LogP contribution in [0, 0.1) is 3.57 Å². The van der Waals surface area contributed by atoms with E-state index in [1.54, 1.807) is 0 Å². The third-order valence-electron chi connectivity index (χ3n) is 2.69. The first kappa shape index (κ1) is 12.1. The minimum atomic E-state index is 0.200. The molecule has 1 saturated heterocycles. The van der Waals surface area contributed by atoms with E-state index in [0.29, 0.717) is 13.2 Å². The summed E-state index contributed by atoms with van der Waals surface area (Å²) in [5.74, 6) is 0.909. The highest BCUT2D eigenvalue weighted by Crippen LogP contribution is 2.21. The summed E-state index contributed by atoms with van der Waals surface area (Å²) in [6, 6.07) is 8.03. The van der Waals surface area contributed by atoms with Crippen molar-refractivity contribution in [1.82, 2.24) is 0 Å². The van der Waals surface area contributed by atoms with Crippen molar-refractivity contribution in [1.29, 1.82) is 0 Å². The van der Waals surface area contributed by atoms with E-state index < -0.39 is 0 Å². The van der Waals surface area contributed by atoms with E-state index >= 15 is 0 Å². The third-order valence-corrected chi connectivity index (χ3v) is 3.36. The number of hydrogen-bond donors (Lipinski definition) is 1. The predicted molar refractivity (Wildman–Crippen MR) is 71.6 cm³/mol. The molecule has 0 bridgehead atoms. The van der Waals surface area contributed by atoms with Crippen molar-refractivity contribution in [3.63, 3.8) is 0 Å². The van der Waals surface area contributed by atoms with Gasteiger partial charge in [-0.2, -0.15) is 0 Å². The Balaban J connectivity index is 1.80. The molecule has 16 heavy (non-hydrogen) atoms. The van der Waals surface area contributed by atoms with E-state index in [-0.39, 0.29) is 12.2 Å². The van der Waals surface area contributed by atoms with Crippen molar-refractivity contribution >= 4 is 22.6 Å². The molecule has 1 aliphatic rings. The molecule has 0 radical (unpaired) electrons. The van der Waals surface area contributed by atoms with Crippen molar-refractivity contribution in [2.75, 3.05) is 13.2 Å². The number of halogens is 1. The molecule has 3 nitrogen and oxygen atoms in total. The highest BCUT2D eigenvalue weighted by atomic mass is 127. The number of rotatable bonds is 4. The van der Waals surface area contributed by atoms with Crippen molar-refractivity contribution in [3.05, 3.63) is 27.8 Å². The molecule has 4 heteroatoms. The minimum Gasteiger partial charge on any atom is -0.491 e. The molecule has 1 fully saturated rings. The summed E-state index contributed by atoms with van der Waals surface area (Å²) >= 11 is 2.27. The van der Waals surface area contributed by atoms with Crippen molar-refractivity contribution in [3.8, 4) is 5.75 Å². The van der Waals surface area contributed by atoms with E-state index in [1.165, 1.54) is 3.57 Å². The van der Waals surface area contributed by atoms with Crippen LogP contribution < -0.4 is 10.5 Å². The lowest BCUT2D eigenvalue weighted by atomic mass is 10.2. The van der Waals surface area contributed by atoms with Gasteiger partial charge in [-0.25, -0.2) is 0 Å². The van der Waals surface area contributed by atoms with Gasteiger partial charge < -0.3 is 15.2 Å². The number of hydrogen-bond acceptors (Lipinski definition) is 3. The monoisotopic (exact) mass is 333 g/mol. The maximum Gasteiger partial charge on any atom is 0.120 e. The molecular weight excluding hydrogens is 317 g/mol. The van der Waals surface area contributed by atoms with Gasteiger partial charge in [0.1, 0.15) is 12.4 Å². The molecule has 0 spiro atoms. The van der Waals surface area contributed by atoms with E-state index in [0.717, 1.165) is 18.6 Å². The molecule has 1 aliphatic heterocycles. The fourth-order valence-electron chi connectivity index (χ4n) is 1.82. The molecule has 2 unspecified atom stereocenters. The maximum atomic E-state index is 5.71. The molecular formula is C12H16INO2. The Morgan fingerprint density at radius 3 is 2.88 bits per heavy atom. The van der Waals surface area contributed by atoms with Gasteiger partial charge in [0, 0.05) is 10.1 Å². The standard InChI is InChI=1S/C12H16INO2/c13-9-2-1-3-10(6-9)15-8-12-5-4-11(7-14)16-12/h1-3,6,11-12H,4-5,7-8,14H2. The van der Waals surface area contributed by atoms with Crippen LogP contribution in [-0.4, -0.2) is 25.4 Å². The van der Waals surface area contributed by atoms with Gasteiger partial charge in [-0.1, -0.05) is 6.07 Å². The van der Waals surface area contributed by atoms with Crippen molar-refractivity contribution in [2.24, 2.45) is 5.73 Å². The first-order chi connectivity index (χ1) is 7.78. The van der Waals surface area contributed by atoms with Crippen LogP contribution in [0.15, 0.2) is 24.3 Å². The Hall–Kier alpha value is -0.330. The predicted octanol–water partition coefficient (Wildman–Crippen LogP) is 2.18. The van der Waals surface area contributed by atoms with Crippen LogP contribution in [0.2, 0.25) is 0 Å². The second-order valence-electron chi connectivity index (χ2n) is 3.96. The van der Waals surface area contributed by atoms with E-state index in [2.05, 4.69) is 22.6 Å². The largest absolute Gasteiger partial charge is 0.491 e. The van der Waals surface area contributed by atoms with E-state index in [1.807, 2.05) is 24.3 Å². The summed E-state index contributed by atoms with van der Waals surface area (Å²) < 4.78 is 12.6. The zero-order valence-corrected chi connectivity index (χ0v) is 11.2. The van der Waals surface area contributed by atoms with Gasteiger partial charge in [0.05, 0.1) is 12.2 Å². The Labute approximate surface area is 109 Å². The summed E-state index contributed by atoms with van der Waals surface area (Å²) in [7, 11) is 0. The zero-order chi connectivity index (χ0) is 11.4. The molecule has 2 rings (SSSR count). The van der Waals surface area contributed by atoms with Gasteiger partial charge in [-0.05, 0) is 53.6 Å². The van der Waals surface area contributed by atoms with Crippen LogP contribution in [0.3, 0.4) is 0 Å². The molecule has 2 N–H and O–H groups in total. The highest BCUT2D eigenvalue weighted by molar-refractivity contribution is 14.1. The van der Waals surface area contributed by atoms with Crippen LogP contribution >= 0.6 is 22.6 Å². The normalized spacial score (nSPS) is 24.6. The van der Waals surface area contributed by atoms with Gasteiger partial charge in [-0.15, -0.1) is 0 Å². The summed E-state index contributed by atoms with van der Waals surface area (Å²) in [6.07, 6.45) is 2.53. The molecule has 0 aromatic heterocycles. The van der Waals surface area contributed by atoms with E-state index in [9.17, 15) is 0 Å². The Bertz CT molecular complexity index is 346. The second kappa shape index (κ2) is 5.84. The SMILES string of the molecule is NCC1CCC(COc2cccc(I)c2)O1. The van der Waals surface area contributed by atoms with Gasteiger partial charge in [-0.3, -0.25) is 0 Å². The number of nitrogens with two attached hydrogens (primary N) is 1. The summed E-state index contributed by atoms with van der Waals surface area (Å²) in [4.78, 5) is 0. The first-order valence-corrected chi connectivity index (χ1v) is 6.59. The maximum absolute atomic E-state index is 5.71. The van der Waals surface area contributed by atoms with E-state index in [4.69, 9.17) is 15.2 Å². The summed E-state index contributed by atoms with van der Waals surface area (Å²) in [6.45, 7) is 1.23. The van der Waals surface area contributed by atoms with Crippen LogP contribution in [0.25, 0.3) is 0 Å². The lowest BCUT2D eigenvalue weighted by Gasteiger charge is -2.13. The highest BCUT2D eigenvalue weighted by Gasteiger charge is 2.24. The molecule has 88 valence electrons. The Morgan fingerprint density at radius 2 is 2.19 bits per heavy atom. The first-order valence-electron chi connectivity index (χ1n) is 5.52. The Kier molecular flexibility index (Phi) is 4.43. The second-order valence-corrected chi connectivity index (χ2v) is 5.21. The molecule has 2 atom stereocenters. The summed E-state index contributed by atoms with van der Waals surface area (Å²) in [5.41, 5.74) is 5.56. The Morgan fingerprint density at radius 1 is 1.38 bits per heavy atom. The number of benzene rings is 1. The van der Waals surface area contributed by atoms with Crippen molar-refractivity contribution in [2.45, 2.75) is 25.0 Å². The zero-order valence-electron chi connectivity index (χ0n) is 9.06. The molecule has 1 aromatic carbocycles. The third kappa shape index (κ3) is 3.33. The topological polar surface area (TPSA) is 44.5 Å². The average molecular weight is 333 g/mol. The van der Waals surface area contributed by atoms with Crippen LogP contribution in [-0.2, 0) is 4.74 Å². The van der Waals surface area contributed by atoms with Gasteiger partial charge in [0.2, 0.25) is 0 Å². The van der Waals surface area contributed by atoms with Gasteiger partial charge in [0.25, 0.3) is 0 Å². The lowest BCUT2D eigenvalue weighted by Crippen LogP contribution is -2.23. The van der Waals surface area contributed by atoms with Gasteiger partial charge >= 0.3 is 0 Å². The molecule has 1 heterocycles. The van der Waals surface area contributed by atoms with Crippen LogP contribution in [0.1, 0.15) is 12.8 Å². The smallest absolute Gasteiger partial charge is 0.120 e. The average Bonchev–Trinajstić information content (AvgIpc) is 2.74. The lowest BCUT2D eigenvalue weighted by molar-refractivity contribution is 0.0222. The number of ether oxygens (including phenoxy) is 2. The molecule has 0 aliphatic carbocycles. The molecule has 0 amide bonds. The van der Waals surface area contributed by atoms with Crippen molar-refractivity contribution < 1.29 is 9.47 Å². The van der Waals surface area contributed by atoms with Gasteiger partial charge in [0.15, 0.2) is 0 Å². The van der Waals surface area contributed by atoms with Crippen LogP contribution in [0.5, 0.6) is 5.75 Å². The molecule has 0 saturated carbocycles. The fourth-order valence-corrected chi connectivity index (χ4v) is 2.34. The quantitative estimate of drug-likeness (QED) is 0.859. The fraction of sp³-hybridized carbons (Fsp3) is 0.500.